The summed E-state index contributed by atoms with van der Waals surface area (Å²) in [5, 5.41) is 3.38. The Bertz CT molecular complexity index is 1660. The van der Waals surface area contributed by atoms with Crippen LogP contribution in [0.2, 0.25) is 10.0 Å². The normalized spacial score (nSPS) is 12.6. The van der Waals surface area contributed by atoms with Crippen molar-refractivity contribution in [2.45, 2.75) is 50.2 Å². The van der Waals surface area contributed by atoms with Crippen LogP contribution >= 0.6 is 23.2 Å². The van der Waals surface area contributed by atoms with Crippen molar-refractivity contribution in [1.29, 1.82) is 0 Å². The number of carbonyl (C=O) groups excluding carboxylic acids is 2. The van der Waals surface area contributed by atoms with Crippen molar-refractivity contribution >= 4 is 50.7 Å². The predicted molar refractivity (Wildman–Crippen MR) is 176 cm³/mol. The zero-order chi connectivity index (χ0) is 31.7. The maximum absolute atomic E-state index is 14.5. The molecule has 0 radical (unpaired) electrons. The van der Waals surface area contributed by atoms with Crippen LogP contribution < -0.4 is 9.62 Å². The molecule has 0 aliphatic rings. The smallest absolute Gasteiger partial charge is 0.264 e. The van der Waals surface area contributed by atoms with Gasteiger partial charge in [0, 0.05) is 24.0 Å². The van der Waals surface area contributed by atoms with Crippen LogP contribution in [0.3, 0.4) is 0 Å². The third kappa shape index (κ3) is 8.40. The fourth-order valence-electron chi connectivity index (χ4n) is 4.69. The molecule has 1 N–H and O–H groups in total. The first-order chi connectivity index (χ1) is 21.1. The largest absolute Gasteiger partial charge is 0.352 e. The summed E-state index contributed by atoms with van der Waals surface area (Å²) in [7, 11) is -4.28. The van der Waals surface area contributed by atoms with Crippen molar-refractivity contribution in [3.63, 3.8) is 0 Å². The minimum Gasteiger partial charge on any atom is -0.352 e. The van der Waals surface area contributed by atoms with Gasteiger partial charge in [0.15, 0.2) is 0 Å². The number of anilines is 1. The first kappa shape index (κ1) is 33.1. The van der Waals surface area contributed by atoms with Crippen LogP contribution in [0.1, 0.15) is 31.4 Å². The van der Waals surface area contributed by atoms with Crippen molar-refractivity contribution in [3.8, 4) is 0 Å². The molecule has 230 valence electrons. The average Bonchev–Trinajstić information content (AvgIpc) is 3.03. The van der Waals surface area contributed by atoms with Gasteiger partial charge in [0.2, 0.25) is 11.8 Å². The Morgan fingerprint density at radius 1 is 0.818 bits per heavy atom. The van der Waals surface area contributed by atoms with Crippen LogP contribution in [0.25, 0.3) is 0 Å². The Kier molecular flexibility index (Phi) is 11.4. The number of rotatable bonds is 13. The summed E-state index contributed by atoms with van der Waals surface area (Å²) in [6.07, 6.45) is 0.928. The average molecular weight is 653 g/mol. The van der Waals surface area contributed by atoms with E-state index in [9.17, 15) is 18.0 Å². The van der Waals surface area contributed by atoms with Crippen LogP contribution in [-0.4, -0.2) is 43.8 Å². The van der Waals surface area contributed by atoms with E-state index in [-0.39, 0.29) is 45.5 Å². The summed E-state index contributed by atoms with van der Waals surface area (Å²) in [4.78, 5) is 29.7. The van der Waals surface area contributed by atoms with Crippen molar-refractivity contribution < 1.29 is 18.0 Å². The van der Waals surface area contributed by atoms with Gasteiger partial charge in [0.25, 0.3) is 10.0 Å². The molecular weight excluding hydrogens is 617 g/mol. The highest BCUT2D eigenvalue weighted by atomic mass is 35.5. The molecule has 2 atom stereocenters. The molecule has 0 spiro atoms. The van der Waals surface area contributed by atoms with Crippen LogP contribution in [-0.2, 0) is 32.6 Å². The Hall–Kier alpha value is -3.85. The fourth-order valence-corrected chi connectivity index (χ4v) is 6.57. The molecule has 0 aromatic heterocycles. The highest BCUT2D eigenvalue weighted by Crippen LogP contribution is 2.33. The van der Waals surface area contributed by atoms with E-state index in [0.717, 1.165) is 15.4 Å². The summed E-state index contributed by atoms with van der Waals surface area (Å²) in [6.45, 7) is 3.32. The van der Waals surface area contributed by atoms with Gasteiger partial charge in [-0.25, -0.2) is 8.42 Å². The number of carbonyl (C=O) groups is 2. The van der Waals surface area contributed by atoms with E-state index >= 15 is 0 Å². The molecular formula is C34H35Cl2N3O4S. The molecule has 0 aliphatic carbocycles. The molecule has 0 heterocycles. The van der Waals surface area contributed by atoms with E-state index in [1.165, 1.54) is 29.2 Å². The van der Waals surface area contributed by atoms with Gasteiger partial charge >= 0.3 is 0 Å². The summed E-state index contributed by atoms with van der Waals surface area (Å²) in [5.74, 6) is -0.907. The molecule has 44 heavy (non-hydrogen) atoms. The molecule has 0 saturated heterocycles. The lowest BCUT2D eigenvalue weighted by molar-refractivity contribution is -0.140. The number of nitrogens with one attached hydrogen (secondary N) is 1. The quantitative estimate of drug-likeness (QED) is 0.173. The van der Waals surface area contributed by atoms with Gasteiger partial charge in [0.1, 0.15) is 12.6 Å². The predicted octanol–water partition coefficient (Wildman–Crippen LogP) is 6.74. The Balaban J connectivity index is 1.82. The number of hydrogen-bond donors (Lipinski definition) is 1. The zero-order valence-electron chi connectivity index (χ0n) is 24.6. The van der Waals surface area contributed by atoms with Crippen LogP contribution in [0, 0.1) is 0 Å². The maximum atomic E-state index is 14.5. The molecule has 10 heteroatoms. The third-order valence-electron chi connectivity index (χ3n) is 7.25. The second kappa shape index (κ2) is 15.2. The SMILES string of the molecule is CC[C@@H](C)NC(=O)[C@@H](Cc1ccccc1)N(Cc1ccccc1)C(=O)CN(c1cc(Cl)ccc1Cl)S(=O)(=O)c1ccccc1. The molecule has 7 nitrogen and oxygen atoms in total. The first-order valence-corrected chi connectivity index (χ1v) is 16.5. The van der Waals surface area contributed by atoms with Crippen LogP contribution in [0.5, 0.6) is 0 Å². The number of amides is 2. The van der Waals surface area contributed by atoms with E-state index in [4.69, 9.17) is 23.2 Å². The molecule has 0 bridgehead atoms. The number of nitrogens with zero attached hydrogens (tertiary/aromatic N) is 2. The highest BCUT2D eigenvalue weighted by Gasteiger charge is 2.35. The molecule has 4 aromatic carbocycles. The summed E-state index contributed by atoms with van der Waals surface area (Å²) in [5.41, 5.74) is 1.70. The lowest BCUT2D eigenvalue weighted by Crippen LogP contribution is -2.54. The van der Waals surface area contributed by atoms with Crippen molar-refractivity contribution in [2.24, 2.45) is 0 Å². The minimum atomic E-state index is -4.28. The monoisotopic (exact) mass is 651 g/mol. The van der Waals surface area contributed by atoms with E-state index in [2.05, 4.69) is 5.32 Å². The Labute approximate surface area is 269 Å². The minimum absolute atomic E-state index is 0.0196. The van der Waals surface area contributed by atoms with Crippen molar-refractivity contribution in [2.75, 3.05) is 10.8 Å². The van der Waals surface area contributed by atoms with Gasteiger partial charge in [-0.3, -0.25) is 13.9 Å². The van der Waals surface area contributed by atoms with E-state index in [1.807, 2.05) is 74.5 Å². The standard InChI is InChI=1S/C34H35Cl2N3O4S/c1-3-25(2)37-34(41)32(21-26-13-7-4-8-14-26)38(23-27-15-9-5-10-16-27)33(40)24-39(31-22-28(35)19-20-30(31)36)44(42,43)29-17-11-6-12-18-29/h4-20,22,25,32H,3,21,23-24H2,1-2H3,(H,37,41)/t25-,32-/m1/s1. The maximum Gasteiger partial charge on any atom is 0.264 e. The van der Waals surface area contributed by atoms with Gasteiger partial charge in [-0.1, -0.05) is 109 Å². The number of hydrogen-bond acceptors (Lipinski definition) is 4. The second-order valence-electron chi connectivity index (χ2n) is 10.5. The zero-order valence-corrected chi connectivity index (χ0v) is 26.9. The lowest BCUT2D eigenvalue weighted by Gasteiger charge is -2.34. The molecule has 0 unspecified atom stereocenters. The van der Waals surface area contributed by atoms with Crippen LogP contribution in [0.15, 0.2) is 114 Å². The van der Waals surface area contributed by atoms with Crippen molar-refractivity contribution in [3.05, 3.63) is 130 Å². The van der Waals surface area contributed by atoms with Gasteiger partial charge in [-0.05, 0) is 54.8 Å². The molecule has 0 fully saturated rings. The summed E-state index contributed by atoms with van der Waals surface area (Å²) in [6, 6.07) is 29.9. The van der Waals surface area contributed by atoms with Gasteiger partial charge in [-0.15, -0.1) is 0 Å². The van der Waals surface area contributed by atoms with E-state index in [1.54, 1.807) is 24.3 Å². The van der Waals surface area contributed by atoms with Gasteiger partial charge in [0.05, 0.1) is 15.6 Å². The topological polar surface area (TPSA) is 86.8 Å². The summed E-state index contributed by atoms with van der Waals surface area (Å²) < 4.78 is 29.1. The summed E-state index contributed by atoms with van der Waals surface area (Å²) >= 11 is 12.8. The van der Waals surface area contributed by atoms with Gasteiger partial charge < -0.3 is 10.2 Å². The highest BCUT2D eigenvalue weighted by molar-refractivity contribution is 7.92. The Morgan fingerprint density at radius 3 is 1.98 bits per heavy atom. The molecule has 0 saturated carbocycles. The number of halogens is 2. The van der Waals surface area contributed by atoms with Crippen molar-refractivity contribution in [1.82, 2.24) is 10.2 Å². The van der Waals surface area contributed by atoms with Gasteiger partial charge in [-0.2, -0.15) is 0 Å². The third-order valence-corrected chi connectivity index (χ3v) is 9.58. The molecule has 4 rings (SSSR count). The molecule has 4 aromatic rings. The van der Waals surface area contributed by atoms with E-state index in [0.29, 0.717) is 6.42 Å². The van der Waals surface area contributed by atoms with Crippen LogP contribution in [0.4, 0.5) is 5.69 Å². The number of benzene rings is 4. The first-order valence-electron chi connectivity index (χ1n) is 14.3. The Morgan fingerprint density at radius 2 is 1.39 bits per heavy atom. The number of sulfonamides is 1. The fraction of sp³-hybridized carbons (Fsp3) is 0.235. The molecule has 0 aliphatic heterocycles. The van der Waals surface area contributed by atoms with E-state index < -0.39 is 28.5 Å². The molecule has 2 amide bonds. The lowest BCUT2D eigenvalue weighted by atomic mass is 10.0. The second-order valence-corrected chi connectivity index (χ2v) is 13.2.